The van der Waals surface area contributed by atoms with Crippen molar-refractivity contribution in [2.45, 2.75) is 69.9 Å². The van der Waals surface area contributed by atoms with Crippen LogP contribution in [0.1, 0.15) is 58.4 Å². The molecule has 0 bridgehead atoms. The highest BCUT2D eigenvalue weighted by Gasteiger charge is 2.38. The maximum Gasteiger partial charge on any atom is 0.247 e. The molecule has 1 heterocycles. The van der Waals surface area contributed by atoms with E-state index in [9.17, 15) is 18.3 Å². The van der Waals surface area contributed by atoms with Crippen LogP contribution in [0.25, 0.3) is 0 Å². The number of carbonyl (C=O) groups is 1. The van der Waals surface area contributed by atoms with E-state index in [2.05, 4.69) is 11.8 Å². The van der Waals surface area contributed by atoms with Crippen molar-refractivity contribution in [3.63, 3.8) is 0 Å². The zero-order valence-electron chi connectivity index (χ0n) is 20.1. The maximum absolute atomic E-state index is 13.5. The molecule has 3 rings (SSSR count). The number of aliphatic hydroxyl groups excluding tert-OH is 1. The Balaban J connectivity index is 2.02. The standard InChI is InChI=1S/C25H36N2O5S/c1-5-25(29)26(4)16-23-18(2)15-27(19(3)17-28)33(30,31)24-13-12-21(14-22(24)32-23)11-10-20-8-6-7-9-20/h12-14,18-20,23,28H,5-9,15-17H2,1-4H3/t18-,19-,23-/m0/s1. The lowest BCUT2D eigenvalue weighted by atomic mass is 10.0. The second-order valence-corrected chi connectivity index (χ2v) is 11.1. The van der Waals surface area contributed by atoms with Gasteiger partial charge in [-0.15, -0.1) is 0 Å². The fourth-order valence-corrected chi connectivity index (χ4v) is 6.24. The SMILES string of the molecule is CCC(=O)N(C)C[C@@H]1Oc2cc(C#CC3CCCC3)ccc2S(=O)(=O)N([C@@H](C)CO)C[C@@H]1C. The van der Waals surface area contributed by atoms with Gasteiger partial charge in [-0.25, -0.2) is 8.42 Å². The molecule has 0 aromatic heterocycles. The minimum absolute atomic E-state index is 0.00234. The Labute approximate surface area is 198 Å². The van der Waals surface area contributed by atoms with Gasteiger partial charge in [0.15, 0.2) is 0 Å². The number of rotatable bonds is 5. The van der Waals surface area contributed by atoms with E-state index in [0.29, 0.717) is 24.4 Å². The topological polar surface area (TPSA) is 87.2 Å². The normalized spacial score (nSPS) is 23.9. The van der Waals surface area contributed by atoms with Crippen LogP contribution in [0.5, 0.6) is 5.75 Å². The summed E-state index contributed by atoms with van der Waals surface area (Å²) in [6, 6.07) is 4.38. The first-order chi connectivity index (χ1) is 15.7. The van der Waals surface area contributed by atoms with Crippen LogP contribution in [0.2, 0.25) is 0 Å². The van der Waals surface area contributed by atoms with Crippen LogP contribution >= 0.6 is 0 Å². The third kappa shape index (κ3) is 5.89. The smallest absolute Gasteiger partial charge is 0.247 e. The third-order valence-corrected chi connectivity index (χ3v) is 8.64. The molecule has 1 N–H and O–H groups in total. The minimum atomic E-state index is -3.89. The van der Waals surface area contributed by atoms with Gasteiger partial charge < -0.3 is 14.7 Å². The zero-order chi connectivity index (χ0) is 24.2. The Bertz CT molecular complexity index is 1010. The third-order valence-electron chi connectivity index (χ3n) is 6.62. The zero-order valence-corrected chi connectivity index (χ0v) is 20.9. The highest BCUT2D eigenvalue weighted by atomic mass is 32.2. The average molecular weight is 477 g/mol. The van der Waals surface area contributed by atoms with Gasteiger partial charge >= 0.3 is 0 Å². The summed E-state index contributed by atoms with van der Waals surface area (Å²) in [5.74, 6) is 6.94. The van der Waals surface area contributed by atoms with Crippen molar-refractivity contribution in [3.05, 3.63) is 23.8 Å². The first-order valence-electron chi connectivity index (χ1n) is 11.9. The number of sulfonamides is 1. The van der Waals surface area contributed by atoms with Crippen molar-refractivity contribution in [2.24, 2.45) is 11.8 Å². The fourth-order valence-electron chi connectivity index (χ4n) is 4.42. The summed E-state index contributed by atoms with van der Waals surface area (Å²) in [6.45, 7) is 5.65. The minimum Gasteiger partial charge on any atom is -0.487 e. The molecule has 1 amide bonds. The summed E-state index contributed by atoms with van der Waals surface area (Å²) in [7, 11) is -2.16. The fraction of sp³-hybridized carbons (Fsp3) is 0.640. The van der Waals surface area contributed by atoms with E-state index in [-0.39, 0.29) is 35.6 Å². The molecular formula is C25H36N2O5S. The molecule has 3 atom stereocenters. The number of hydrogen-bond donors (Lipinski definition) is 1. The van der Waals surface area contributed by atoms with Crippen molar-refractivity contribution in [1.82, 2.24) is 9.21 Å². The lowest BCUT2D eigenvalue weighted by molar-refractivity contribution is -0.131. The van der Waals surface area contributed by atoms with E-state index in [0.717, 1.165) is 12.8 Å². The lowest BCUT2D eigenvalue weighted by Gasteiger charge is -2.37. The largest absolute Gasteiger partial charge is 0.487 e. The quantitative estimate of drug-likeness (QED) is 0.661. The van der Waals surface area contributed by atoms with Crippen LogP contribution < -0.4 is 4.74 Å². The van der Waals surface area contributed by atoms with Gasteiger partial charge in [0.25, 0.3) is 0 Å². The van der Waals surface area contributed by atoms with Gasteiger partial charge in [0, 0.05) is 43.5 Å². The molecule has 1 aromatic rings. The predicted octanol–water partition coefficient (Wildman–Crippen LogP) is 2.87. The number of ether oxygens (including phenoxy) is 1. The van der Waals surface area contributed by atoms with Crippen LogP contribution in [-0.4, -0.2) is 67.5 Å². The molecular weight excluding hydrogens is 440 g/mol. The lowest BCUT2D eigenvalue weighted by Crippen LogP contribution is -2.50. The van der Waals surface area contributed by atoms with E-state index in [1.54, 1.807) is 37.1 Å². The van der Waals surface area contributed by atoms with E-state index in [4.69, 9.17) is 4.74 Å². The Morgan fingerprint density at radius 3 is 2.67 bits per heavy atom. The Morgan fingerprint density at radius 2 is 2.03 bits per heavy atom. The van der Waals surface area contributed by atoms with Gasteiger partial charge in [-0.3, -0.25) is 4.79 Å². The predicted molar refractivity (Wildman–Crippen MR) is 127 cm³/mol. The summed E-state index contributed by atoms with van der Waals surface area (Å²) >= 11 is 0. The van der Waals surface area contributed by atoms with Crippen molar-refractivity contribution >= 4 is 15.9 Å². The molecule has 1 fully saturated rings. The number of likely N-dealkylation sites (N-methyl/N-ethyl adjacent to an activating group) is 1. The summed E-state index contributed by atoms with van der Waals surface area (Å²) in [5.41, 5.74) is 0.711. The molecule has 182 valence electrons. The van der Waals surface area contributed by atoms with Crippen molar-refractivity contribution in [1.29, 1.82) is 0 Å². The highest BCUT2D eigenvalue weighted by molar-refractivity contribution is 7.89. The van der Waals surface area contributed by atoms with Gasteiger partial charge in [-0.05, 0) is 38.0 Å². The van der Waals surface area contributed by atoms with Crippen molar-refractivity contribution in [3.8, 4) is 17.6 Å². The highest BCUT2D eigenvalue weighted by Crippen LogP contribution is 2.34. The Morgan fingerprint density at radius 1 is 1.33 bits per heavy atom. The van der Waals surface area contributed by atoms with Crippen LogP contribution in [0, 0.1) is 23.7 Å². The summed E-state index contributed by atoms with van der Waals surface area (Å²) in [4.78, 5) is 13.9. The van der Waals surface area contributed by atoms with Gasteiger partial charge in [-0.2, -0.15) is 4.31 Å². The molecule has 7 nitrogen and oxygen atoms in total. The molecule has 1 aliphatic heterocycles. The molecule has 1 aliphatic carbocycles. The number of fused-ring (bicyclic) bond motifs is 1. The Kier molecular flexibility index (Phi) is 8.43. The molecule has 0 spiro atoms. The van der Waals surface area contributed by atoms with E-state index in [1.807, 2.05) is 13.8 Å². The Hall–Kier alpha value is -2.08. The number of benzene rings is 1. The monoisotopic (exact) mass is 476 g/mol. The summed E-state index contributed by atoms with van der Waals surface area (Å²) < 4.78 is 34.7. The van der Waals surface area contributed by atoms with E-state index >= 15 is 0 Å². The molecule has 1 saturated carbocycles. The second kappa shape index (κ2) is 10.9. The molecule has 0 saturated heterocycles. The summed E-state index contributed by atoms with van der Waals surface area (Å²) in [5, 5.41) is 9.74. The van der Waals surface area contributed by atoms with E-state index < -0.39 is 22.2 Å². The number of nitrogens with zero attached hydrogens (tertiary/aromatic N) is 2. The van der Waals surface area contributed by atoms with Gasteiger partial charge in [-0.1, -0.05) is 38.5 Å². The van der Waals surface area contributed by atoms with E-state index in [1.165, 1.54) is 17.1 Å². The first kappa shape index (κ1) is 25.5. The summed E-state index contributed by atoms with van der Waals surface area (Å²) in [6.07, 6.45) is 4.59. The molecule has 1 aromatic carbocycles. The average Bonchev–Trinajstić information content (AvgIpc) is 3.32. The number of carbonyl (C=O) groups excluding carboxylic acids is 1. The number of amides is 1. The van der Waals surface area contributed by atoms with Crippen molar-refractivity contribution in [2.75, 3.05) is 26.7 Å². The van der Waals surface area contributed by atoms with Crippen LogP contribution in [0.4, 0.5) is 0 Å². The number of hydrogen-bond acceptors (Lipinski definition) is 5. The van der Waals surface area contributed by atoms with Gasteiger partial charge in [0.05, 0.1) is 13.2 Å². The van der Waals surface area contributed by atoms with Crippen molar-refractivity contribution < 1.29 is 23.1 Å². The molecule has 33 heavy (non-hydrogen) atoms. The number of aliphatic hydroxyl groups is 1. The molecule has 2 aliphatic rings. The molecule has 0 unspecified atom stereocenters. The van der Waals surface area contributed by atoms with Crippen LogP contribution in [-0.2, 0) is 14.8 Å². The maximum atomic E-state index is 13.5. The molecule has 8 heteroatoms. The second-order valence-electron chi connectivity index (χ2n) is 9.28. The van der Waals surface area contributed by atoms with Gasteiger partial charge in [0.1, 0.15) is 16.7 Å². The first-order valence-corrected chi connectivity index (χ1v) is 13.3. The van der Waals surface area contributed by atoms with Crippen LogP contribution in [0.15, 0.2) is 23.1 Å². The van der Waals surface area contributed by atoms with Gasteiger partial charge in [0.2, 0.25) is 15.9 Å². The molecule has 0 radical (unpaired) electrons. The van der Waals surface area contributed by atoms with Crippen LogP contribution in [0.3, 0.4) is 0 Å².